The van der Waals surface area contributed by atoms with Crippen molar-refractivity contribution >= 4 is 29.4 Å². The minimum atomic E-state index is 0.191. The number of hydrogen-bond donors (Lipinski definition) is 0. The van der Waals surface area contributed by atoms with E-state index in [2.05, 4.69) is 0 Å². The van der Waals surface area contributed by atoms with Crippen LogP contribution in [-0.2, 0) is 4.79 Å². The highest BCUT2D eigenvalue weighted by molar-refractivity contribution is 8.05. The number of thioether (sulfide) groups is 2. The number of allylic oxidation sites excluding steroid dienone is 4. The predicted molar refractivity (Wildman–Crippen MR) is 88.4 cm³/mol. The second-order valence-corrected chi connectivity index (χ2v) is 6.24. The third kappa shape index (κ3) is 3.93. The van der Waals surface area contributed by atoms with Crippen molar-refractivity contribution in [2.24, 2.45) is 0 Å². The van der Waals surface area contributed by atoms with E-state index in [0.29, 0.717) is 5.37 Å². The first kappa shape index (κ1) is 16.4. The van der Waals surface area contributed by atoms with Gasteiger partial charge in [0.05, 0.1) is 10.9 Å². The topological polar surface area (TPSA) is 20.3 Å². The summed E-state index contributed by atoms with van der Waals surface area (Å²) in [5.41, 5.74) is 0.848. The van der Waals surface area contributed by atoms with Crippen molar-refractivity contribution in [3.8, 4) is 0 Å². The number of carbonyl (C=O) groups is 1. The maximum atomic E-state index is 12.5. The van der Waals surface area contributed by atoms with Crippen LogP contribution < -0.4 is 0 Å². The van der Waals surface area contributed by atoms with Crippen LogP contribution >= 0.6 is 23.5 Å². The molecule has 2 aliphatic rings. The zero-order valence-corrected chi connectivity index (χ0v) is 13.8. The summed E-state index contributed by atoms with van der Waals surface area (Å²) in [6.45, 7) is 8.86. The first-order valence-corrected chi connectivity index (χ1v) is 8.86. The van der Waals surface area contributed by atoms with E-state index in [9.17, 15) is 4.79 Å². The fourth-order valence-corrected chi connectivity index (χ4v) is 4.50. The van der Waals surface area contributed by atoms with Gasteiger partial charge in [0.25, 0.3) is 5.91 Å². The molecule has 0 radical (unpaired) electrons. The summed E-state index contributed by atoms with van der Waals surface area (Å²) in [6, 6.07) is 0. The lowest BCUT2D eigenvalue weighted by molar-refractivity contribution is -0.126. The van der Waals surface area contributed by atoms with Gasteiger partial charge in [-0.05, 0) is 19.9 Å². The highest BCUT2D eigenvalue weighted by Gasteiger charge is 2.35. The maximum absolute atomic E-state index is 12.5. The van der Waals surface area contributed by atoms with Crippen LogP contribution in [0.2, 0.25) is 0 Å². The first-order chi connectivity index (χ1) is 9.27. The molecule has 4 heteroatoms. The summed E-state index contributed by atoms with van der Waals surface area (Å²) in [6.07, 6.45) is 7.89. The Kier molecular flexibility index (Phi) is 7.39. The van der Waals surface area contributed by atoms with Gasteiger partial charge >= 0.3 is 0 Å². The standard InChI is InChI=1S/C13H17NOS2.C2H6/c1-3-5-6-10-11(4-2)17-9-12-14(13(10)15)7-8-16-12;1-2/h3-6,12H,7-9H2,1-2H3;1-2H3/b5-3-,10-6+,11-4+;. The molecule has 1 atom stereocenters. The Balaban J connectivity index is 0.000000861. The van der Waals surface area contributed by atoms with Crippen molar-refractivity contribution in [1.29, 1.82) is 0 Å². The Hall–Kier alpha value is -0.610. The molecule has 106 valence electrons. The minimum absolute atomic E-state index is 0.191. The van der Waals surface area contributed by atoms with E-state index in [1.807, 2.05) is 68.7 Å². The molecule has 0 N–H and O–H groups in total. The monoisotopic (exact) mass is 297 g/mol. The average Bonchev–Trinajstić information content (AvgIpc) is 2.88. The molecule has 2 aliphatic heterocycles. The predicted octanol–water partition coefficient (Wildman–Crippen LogP) is 4.07. The summed E-state index contributed by atoms with van der Waals surface area (Å²) < 4.78 is 0. The molecule has 0 aromatic carbocycles. The number of amides is 1. The Labute approximate surface area is 125 Å². The quantitative estimate of drug-likeness (QED) is 0.681. The van der Waals surface area contributed by atoms with Crippen LogP contribution in [0, 0.1) is 0 Å². The highest BCUT2D eigenvalue weighted by Crippen LogP contribution is 2.37. The maximum Gasteiger partial charge on any atom is 0.255 e. The third-order valence-corrected chi connectivity index (χ3v) is 5.53. The highest BCUT2D eigenvalue weighted by atomic mass is 32.2. The Morgan fingerprint density at radius 3 is 2.68 bits per heavy atom. The van der Waals surface area contributed by atoms with E-state index in [-0.39, 0.29) is 5.91 Å². The van der Waals surface area contributed by atoms with Gasteiger partial charge in [0, 0.05) is 23.0 Å². The molecule has 2 nitrogen and oxygen atoms in total. The molecule has 19 heavy (non-hydrogen) atoms. The van der Waals surface area contributed by atoms with Gasteiger partial charge in [-0.3, -0.25) is 4.79 Å². The molecule has 0 bridgehead atoms. The number of rotatable bonds is 1. The smallest absolute Gasteiger partial charge is 0.255 e. The first-order valence-electron chi connectivity index (χ1n) is 6.83. The molecular weight excluding hydrogens is 274 g/mol. The summed E-state index contributed by atoms with van der Waals surface area (Å²) in [5, 5.41) is 0.360. The summed E-state index contributed by atoms with van der Waals surface area (Å²) >= 11 is 3.69. The normalized spacial score (nSPS) is 27.5. The summed E-state index contributed by atoms with van der Waals surface area (Å²) in [4.78, 5) is 15.6. The van der Waals surface area contributed by atoms with E-state index in [0.717, 1.165) is 28.5 Å². The van der Waals surface area contributed by atoms with E-state index in [1.54, 1.807) is 11.8 Å². The lowest BCUT2D eigenvalue weighted by Gasteiger charge is -2.20. The van der Waals surface area contributed by atoms with Gasteiger partial charge in [-0.25, -0.2) is 0 Å². The second kappa shape index (κ2) is 8.54. The fourth-order valence-electron chi connectivity index (χ4n) is 1.98. The molecule has 0 aliphatic carbocycles. The molecule has 2 rings (SSSR count). The van der Waals surface area contributed by atoms with E-state index in [1.165, 1.54) is 0 Å². The SMILES string of the molecule is CC.C\C=C/C=C1/C(=O)N2CCSC2CS/C1=C/C. The van der Waals surface area contributed by atoms with E-state index in [4.69, 9.17) is 0 Å². The summed E-state index contributed by atoms with van der Waals surface area (Å²) in [5.74, 6) is 2.26. The minimum Gasteiger partial charge on any atom is -0.325 e. The Morgan fingerprint density at radius 2 is 2.05 bits per heavy atom. The largest absolute Gasteiger partial charge is 0.325 e. The molecule has 0 aromatic rings. The van der Waals surface area contributed by atoms with Crippen molar-refractivity contribution in [1.82, 2.24) is 4.90 Å². The van der Waals surface area contributed by atoms with E-state index >= 15 is 0 Å². The van der Waals surface area contributed by atoms with Gasteiger partial charge in [0.1, 0.15) is 0 Å². The Bertz CT molecular complexity index is 399. The van der Waals surface area contributed by atoms with Crippen LogP contribution in [0.1, 0.15) is 27.7 Å². The zero-order chi connectivity index (χ0) is 14.3. The van der Waals surface area contributed by atoms with Crippen LogP contribution in [-0.4, -0.2) is 34.2 Å². The average molecular weight is 297 g/mol. The van der Waals surface area contributed by atoms with Gasteiger partial charge in [-0.1, -0.05) is 32.1 Å². The fraction of sp³-hybridized carbons (Fsp3) is 0.533. The van der Waals surface area contributed by atoms with Gasteiger partial charge < -0.3 is 4.90 Å². The van der Waals surface area contributed by atoms with Crippen LogP contribution in [0.4, 0.5) is 0 Å². The number of nitrogens with zero attached hydrogens (tertiary/aromatic N) is 1. The van der Waals surface area contributed by atoms with Crippen LogP contribution in [0.15, 0.2) is 34.8 Å². The van der Waals surface area contributed by atoms with Gasteiger partial charge in [0.2, 0.25) is 0 Å². The lowest BCUT2D eigenvalue weighted by atomic mass is 10.2. The van der Waals surface area contributed by atoms with Crippen LogP contribution in [0.25, 0.3) is 0 Å². The van der Waals surface area contributed by atoms with Gasteiger partial charge in [-0.15, -0.1) is 23.5 Å². The zero-order valence-electron chi connectivity index (χ0n) is 12.2. The van der Waals surface area contributed by atoms with Crippen LogP contribution in [0.5, 0.6) is 0 Å². The molecule has 2 saturated heterocycles. The molecule has 0 saturated carbocycles. The molecule has 1 amide bonds. The van der Waals surface area contributed by atoms with Crippen molar-refractivity contribution in [2.75, 3.05) is 18.1 Å². The third-order valence-electron chi connectivity index (χ3n) is 2.85. The lowest BCUT2D eigenvalue weighted by Crippen LogP contribution is -2.35. The van der Waals surface area contributed by atoms with Crippen molar-refractivity contribution in [2.45, 2.75) is 33.1 Å². The van der Waals surface area contributed by atoms with Crippen molar-refractivity contribution < 1.29 is 4.79 Å². The van der Waals surface area contributed by atoms with Crippen molar-refractivity contribution in [3.05, 3.63) is 34.8 Å². The molecular formula is C15H23NOS2. The summed E-state index contributed by atoms with van der Waals surface area (Å²) in [7, 11) is 0. The molecule has 1 unspecified atom stereocenters. The molecule has 0 spiro atoms. The van der Waals surface area contributed by atoms with Crippen molar-refractivity contribution in [3.63, 3.8) is 0 Å². The molecule has 2 fully saturated rings. The number of hydrogen-bond acceptors (Lipinski definition) is 3. The number of fused-ring (bicyclic) bond motifs is 1. The second-order valence-electron chi connectivity index (χ2n) is 3.89. The van der Waals surface area contributed by atoms with Gasteiger partial charge in [-0.2, -0.15) is 0 Å². The van der Waals surface area contributed by atoms with Crippen LogP contribution in [0.3, 0.4) is 0 Å². The number of carbonyl (C=O) groups excluding carboxylic acids is 1. The molecule has 2 heterocycles. The molecule has 0 aromatic heterocycles. The van der Waals surface area contributed by atoms with Gasteiger partial charge in [0.15, 0.2) is 0 Å². The Morgan fingerprint density at radius 1 is 1.32 bits per heavy atom. The van der Waals surface area contributed by atoms with E-state index < -0.39 is 0 Å².